The van der Waals surface area contributed by atoms with Gasteiger partial charge in [-0.15, -0.1) is 24.0 Å². The molecule has 0 heterocycles. The number of rotatable bonds is 11. The summed E-state index contributed by atoms with van der Waals surface area (Å²) in [5, 5.41) is 3.34. The Morgan fingerprint density at radius 1 is 1.05 bits per heavy atom. The van der Waals surface area contributed by atoms with E-state index in [0.717, 1.165) is 51.6 Å². The molecule has 0 aromatic rings. The third-order valence-corrected chi connectivity index (χ3v) is 2.89. The molecule has 5 heteroatoms. The Labute approximate surface area is 142 Å². The van der Waals surface area contributed by atoms with Gasteiger partial charge in [0.05, 0.1) is 0 Å². The summed E-state index contributed by atoms with van der Waals surface area (Å²) >= 11 is 0. The first-order valence-electron chi connectivity index (χ1n) is 7.83. The van der Waals surface area contributed by atoms with Gasteiger partial charge in [-0.05, 0) is 26.2 Å². The van der Waals surface area contributed by atoms with E-state index in [1.165, 1.54) is 19.3 Å². The van der Waals surface area contributed by atoms with Crippen LogP contribution in [0.25, 0.3) is 0 Å². The molecule has 0 aliphatic rings. The maximum absolute atomic E-state index is 5.54. The van der Waals surface area contributed by atoms with Crippen molar-refractivity contribution in [2.45, 2.75) is 52.9 Å². The lowest BCUT2D eigenvalue weighted by Gasteiger charge is -2.21. The van der Waals surface area contributed by atoms with Crippen LogP contribution in [0.1, 0.15) is 52.9 Å². The predicted molar refractivity (Wildman–Crippen MR) is 99.3 cm³/mol. The summed E-state index contributed by atoms with van der Waals surface area (Å²) in [6, 6.07) is 0. The van der Waals surface area contributed by atoms with E-state index in [-0.39, 0.29) is 24.0 Å². The molecule has 0 radical (unpaired) electrons. The fraction of sp³-hybridized carbons (Fsp3) is 0.933. The van der Waals surface area contributed by atoms with Crippen LogP contribution in [-0.2, 0) is 4.74 Å². The number of halogens is 1. The van der Waals surface area contributed by atoms with Crippen molar-refractivity contribution >= 4 is 29.9 Å². The maximum Gasteiger partial charge on any atom is 0.193 e. The van der Waals surface area contributed by atoms with Crippen molar-refractivity contribution in [2.75, 3.05) is 39.9 Å². The molecule has 0 unspecified atom stereocenters. The monoisotopic (exact) mass is 399 g/mol. The van der Waals surface area contributed by atoms with Crippen molar-refractivity contribution in [3.8, 4) is 0 Å². The first kappa shape index (κ1) is 22.2. The van der Waals surface area contributed by atoms with Crippen molar-refractivity contribution in [1.82, 2.24) is 10.2 Å². The molecule has 0 saturated carbocycles. The van der Waals surface area contributed by atoms with Crippen LogP contribution in [0.15, 0.2) is 4.99 Å². The van der Waals surface area contributed by atoms with Gasteiger partial charge in [-0.3, -0.25) is 4.99 Å². The average molecular weight is 399 g/mol. The Balaban J connectivity index is 0. The summed E-state index contributed by atoms with van der Waals surface area (Å²) in [4.78, 5) is 6.85. The van der Waals surface area contributed by atoms with Crippen LogP contribution in [0.2, 0.25) is 0 Å². The van der Waals surface area contributed by atoms with Gasteiger partial charge in [-0.25, -0.2) is 0 Å². The molecule has 0 bridgehead atoms. The second-order valence-electron chi connectivity index (χ2n) is 4.83. The van der Waals surface area contributed by atoms with Crippen LogP contribution in [0.3, 0.4) is 0 Å². The highest BCUT2D eigenvalue weighted by Crippen LogP contribution is 1.95. The Kier molecular flexibility index (Phi) is 18.9. The molecule has 0 aromatic carbocycles. The number of nitrogens with zero attached hydrogens (tertiary/aromatic N) is 2. The zero-order valence-corrected chi connectivity index (χ0v) is 16.1. The standard InChI is InChI=1S/C15H33N3O.HI/c1-5-8-12-18(4)15(16-7-3)17-11-10-14-19-13-9-6-2;/h5-14H2,1-4H3,(H,16,17);1H. The van der Waals surface area contributed by atoms with Gasteiger partial charge < -0.3 is 15.0 Å². The molecule has 0 fully saturated rings. The Morgan fingerprint density at radius 3 is 2.30 bits per heavy atom. The number of guanidine groups is 1. The fourth-order valence-corrected chi connectivity index (χ4v) is 1.67. The van der Waals surface area contributed by atoms with E-state index in [4.69, 9.17) is 4.74 Å². The van der Waals surface area contributed by atoms with E-state index in [0.29, 0.717) is 0 Å². The SMILES string of the molecule is CCCCOCCCN=C(NCC)N(C)CCCC.I. The summed E-state index contributed by atoms with van der Waals surface area (Å²) in [5.74, 6) is 1.02. The highest BCUT2D eigenvalue weighted by atomic mass is 127. The van der Waals surface area contributed by atoms with E-state index < -0.39 is 0 Å². The molecular formula is C15H34IN3O. The zero-order chi connectivity index (χ0) is 14.3. The van der Waals surface area contributed by atoms with Gasteiger partial charge in [0.1, 0.15) is 0 Å². The number of ether oxygens (including phenoxy) is 1. The van der Waals surface area contributed by atoms with Crippen molar-refractivity contribution in [2.24, 2.45) is 4.99 Å². The molecule has 0 saturated heterocycles. The number of hydrogen-bond donors (Lipinski definition) is 1. The van der Waals surface area contributed by atoms with Crippen molar-refractivity contribution < 1.29 is 4.74 Å². The van der Waals surface area contributed by atoms with E-state index in [9.17, 15) is 0 Å². The predicted octanol–water partition coefficient (Wildman–Crippen LogP) is 3.51. The van der Waals surface area contributed by atoms with Crippen LogP contribution in [0.4, 0.5) is 0 Å². The Hall–Kier alpha value is -0.0400. The molecule has 20 heavy (non-hydrogen) atoms. The van der Waals surface area contributed by atoms with Crippen molar-refractivity contribution in [1.29, 1.82) is 0 Å². The van der Waals surface area contributed by atoms with Crippen LogP contribution < -0.4 is 5.32 Å². The van der Waals surface area contributed by atoms with Gasteiger partial charge in [0.25, 0.3) is 0 Å². The Bertz CT molecular complexity index is 225. The van der Waals surface area contributed by atoms with E-state index >= 15 is 0 Å². The minimum absolute atomic E-state index is 0. The largest absolute Gasteiger partial charge is 0.381 e. The van der Waals surface area contributed by atoms with Gasteiger partial charge in [-0.1, -0.05) is 26.7 Å². The van der Waals surface area contributed by atoms with Crippen molar-refractivity contribution in [3.63, 3.8) is 0 Å². The van der Waals surface area contributed by atoms with E-state index in [2.05, 4.69) is 43.0 Å². The average Bonchev–Trinajstić information content (AvgIpc) is 2.42. The molecule has 0 spiro atoms. The molecule has 0 rings (SSSR count). The van der Waals surface area contributed by atoms with Crippen LogP contribution >= 0.6 is 24.0 Å². The van der Waals surface area contributed by atoms with Gasteiger partial charge in [0.2, 0.25) is 0 Å². The minimum atomic E-state index is 0. The van der Waals surface area contributed by atoms with E-state index in [1.54, 1.807) is 0 Å². The second-order valence-corrected chi connectivity index (χ2v) is 4.83. The van der Waals surface area contributed by atoms with Gasteiger partial charge in [0, 0.05) is 39.9 Å². The first-order chi connectivity index (χ1) is 9.26. The first-order valence-corrected chi connectivity index (χ1v) is 7.83. The molecule has 0 aliphatic carbocycles. The smallest absolute Gasteiger partial charge is 0.193 e. The van der Waals surface area contributed by atoms with Crippen molar-refractivity contribution in [3.05, 3.63) is 0 Å². The summed E-state index contributed by atoms with van der Waals surface area (Å²) in [7, 11) is 2.11. The normalized spacial score (nSPS) is 11.1. The fourth-order valence-electron chi connectivity index (χ4n) is 1.67. The lowest BCUT2D eigenvalue weighted by atomic mass is 10.3. The molecule has 0 amide bonds. The minimum Gasteiger partial charge on any atom is -0.381 e. The third-order valence-electron chi connectivity index (χ3n) is 2.89. The van der Waals surface area contributed by atoms with Crippen LogP contribution in [-0.4, -0.2) is 50.8 Å². The number of unbranched alkanes of at least 4 members (excludes halogenated alkanes) is 2. The van der Waals surface area contributed by atoms with Gasteiger partial charge in [0.15, 0.2) is 5.96 Å². The highest BCUT2D eigenvalue weighted by Gasteiger charge is 2.03. The summed E-state index contributed by atoms with van der Waals surface area (Å²) < 4.78 is 5.54. The maximum atomic E-state index is 5.54. The number of aliphatic imine (C=N–C) groups is 1. The van der Waals surface area contributed by atoms with E-state index in [1.807, 2.05) is 0 Å². The third kappa shape index (κ3) is 13.0. The summed E-state index contributed by atoms with van der Waals surface area (Å²) in [6.07, 6.45) is 5.78. The summed E-state index contributed by atoms with van der Waals surface area (Å²) in [5.41, 5.74) is 0. The number of nitrogens with one attached hydrogen (secondary N) is 1. The molecule has 0 aromatic heterocycles. The quantitative estimate of drug-likeness (QED) is 0.250. The second kappa shape index (κ2) is 17.0. The topological polar surface area (TPSA) is 36.9 Å². The molecule has 4 nitrogen and oxygen atoms in total. The molecule has 0 atom stereocenters. The van der Waals surface area contributed by atoms with Gasteiger partial charge >= 0.3 is 0 Å². The van der Waals surface area contributed by atoms with Crippen LogP contribution in [0.5, 0.6) is 0 Å². The Morgan fingerprint density at radius 2 is 1.70 bits per heavy atom. The van der Waals surface area contributed by atoms with Crippen LogP contribution in [0, 0.1) is 0 Å². The molecule has 122 valence electrons. The van der Waals surface area contributed by atoms with Gasteiger partial charge in [-0.2, -0.15) is 0 Å². The number of hydrogen-bond acceptors (Lipinski definition) is 2. The lowest BCUT2D eigenvalue weighted by molar-refractivity contribution is 0.130. The molecular weight excluding hydrogens is 365 g/mol. The molecule has 0 aliphatic heterocycles. The lowest BCUT2D eigenvalue weighted by Crippen LogP contribution is -2.39. The summed E-state index contributed by atoms with van der Waals surface area (Å²) in [6.45, 7) is 11.0. The zero-order valence-electron chi connectivity index (χ0n) is 13.8. The highest BCUT2D eigenvalue weighted by molar-refractivity contribution is 14.0. The molecule has 1 N–H and O–H groups in total.